The maximum Gasteiger partial charge on any atom is 0.343 e. The predicted molar refractivity (Wildman–Crippen MR) is 77.0 cm³/mol. The van der Waals surface area contributed by atoms with Crippen molar-refractivity contribution in [1.82, 2.24) is 0 Å². The number of carbonyl (C=O) groups is 2. The zero-order valence-electron chi connectivity index (χ0n) is 10.8. The molecule has 2 aromatic carbocycles. The van der Waals surface area contributed by atoms with E-state index >= 15 is 0 Å². The molecule has 0 saturated carbocycles. The summed E-state index contributed by atoms with van der Waals surface area (Å²) >= 11 is 5.83. The quantitative estimate of drug-likeness (QED) is 0.684. The van der Waals surface area contributed by atoms with E-state index < -0.39 is 5.97 Å². The van der Waals surface area contributed by atoms with Gasteiger partial charge in [0.2, 0.25) is 0 Å². The number of ether oxygens (including phenoxy) is 2. The van der Waals surface area contributed by atoms with Crippen LogP contribution in [-0.2, 0) is 4.79 Å². The van der Waals surface area contributed by atoms with Gasteiger partial charge >= 0.3 is 5.97 Å². The first-order valence-corrected chi connectivity index (χ1v) is 6.54. The molecule has 1 aliphatic rings. The van der Waals surface area contributed by atoms with Gasteiger partial charge in [0.05, 0.1) is 11.3 Å². The molecule has 5 nitrogen and oxygen atoms in total. The highest BCUT2D eigenvalue weighted by molar-refractivity contribution is 6.30. The molecular weight excluding hydrogens is 294 g/mol. The molecule has 0 atom stereocenters. The zero-order valence-corrected chi connectivity index (χ0v) is 11.5. The summed E-state index contributed by atoms with van der Waals surface area (Å²) in [6, 6.07) is 11.2. The van der Waals surface area contributed by atoms with Gasteiger partial charge in [-0.2, -0.15) is 0 Å². The Morgan fingerprint density at radius 2 is 2.10 bits per heavy atom. The number of benzene rings is 2. The average molecular weight is 304 g/mol. The van der Waals surface area contributed by atoms with Crippen molar-refractivity contribution in [3.05, 3.63) is 53.1 Å². The number of amides is 1. The lowest BCUT2D eigenvalue weighted by Gasteiger charge is -2.18. The normalized spacial score (nSPS) is 12.9. The maximum absolute atomic E-state index is 12.0. The standard InChI is InChI=1S/C15H10ClNO4/c16-10-3-1-2-9(6-10)15(19)21-11-4-5-13-12(7-11)17-14(18)8-20-13/h1-7H,8H2,(H,17,18). The van der Waals surface area contributed by atoms with Crippen LogP contribution in [0, 0.1) is 0 Å². The van der Waals surface area contributed by atoms with E-state index in [-0.39, 0.29) is 12.5 Å². The molecule has 1 heterocycles. The van der Waals surface area contributed by atoms with Gasteiger partial charge in [0, 0.05) is 11.1 Å². The van der Waals surface area contributed by atoms with Crippen LogP contribution in [0.4, 0.5) is 5.69 Å². The van der Waals surface area contributed by atoms with Gasteiger partial charge in [-0.25, -0.2) is 4.79 Å². The first kappa shape index (κ1) is 13.5. The summed E-state index contributed by atoms with van der Waals surface area (Å²) in [6.07, 6.45) is 0. The second kappa shape index (κ2) is 5.46. The van der Waals surface area contributed by atoms with Crippen LogP contribution in [0.5, 0.6) is 11.5 Å². The Morgan fingerprint density at radius 1 is 1.24 bits per heavy atom. The van der Waals surface area contributed by atoms with Gasteiger partial charge < -0.3 is 14.8 Å². The Hall–Kier alpha value is -2.53. The van der Waals surface area contributed by atoms with E-state index in [4.69, 9.17) is 21.1 Å². The van der Waals surface area contributed by atoms with Gasteiger partial charge in [-0.15, -0.1) is 0 Å². The van der Waals surface area contributed by atoms with E-state index in [1.54, 1.807) is 30.3 Å². The van der Waals surface area contributed by atoms with Crippen LogP contribution in [-0.4, -0.2) is 18.5 Å². The van der Waals surface area contributed by atoms with Crippen LogP contribution >= 0.6 is 11.6 Å². The summed E-state index contributed by atoms with van der Waals surface area (Å²) in [5.41, 5.74) is 0.822. The molecule has 0 unspecified atom stereocenters. The molecule has 3 rings (SSSR count). The van der Waals surface area contributed by atoms with Gasteiger partial charge in [0.15, 0.2) is 6.61 Å². The van der Waals surface area contributed by atoms with Gasteiger partial charge in [-0.05, 0) is 30.3 Å². The number of halogens is 1. The van der Waals surface area contributed by atoms with Crippen LogP contribution in [0.2, 0.25) is 5.02 Å². The van der Waals surface area contributed by atoms with Gasteiger partial charge in [0.1, 0.15) is 11.5 Å². The number of fused-ring (bicyclic) bond motifs is 1. The van der Waals surface area contributed by atoms with Crippen LogP contribution < -0.4 is 14.8 Å². The van der Waals surface area contributed by atoms with E-state index in [0.29, 0.717) is 27.8 Å². The highest BCUT2D eigenvalue weighted by Crippen LogP contribution is 2.31. The lowest BCUT2D eigenvalue weighted by molar-refractivity contribution is -0.118. The lowest BCUT2D eigenvalue weighted by Crippen LogP contribution is -2.25. The van der Waals surface area contributed by atoms with Crippen molar-refractivity contribution in [2.24, 2.45) is 0 Å². The maximum atomic E-state index is 12.0. The third-order valence-electron chi connectivity index (χ3n) is 2.85. The van der Waals surface area contributed by atoms with Gasteiger partial charge in [-0.1, -0.05) is 17.7 Å². The number of carbonyl (C=O) groups excluding carboxylic acids is 2. The van der Waals surface area contributed by atoms with E-state index in [2.05, 4.69) is 5.32 Å². The molecule has 0 radical (unpaired) electrons. The first-order chi connectivity index (χ1) is 10.1. The summed E-state index contributed by atoms with van der Waals surface area (Å²) in [7, 11) is 0. The molecular formula is C15H10ClNO4. The summed E-state index contributed by atoms with van der Waals surface area (Å²) < 4.78 is 10.5. The Labute approximate surface area is 125 Å². The highest BCUT2D eigenvalue weighted by atomic mass is 35.5. The van der Waals surface area contributed by atoms with Crippen LogP contribution in [0.1, 0.15) is 10.4 Å². The molecule has 106 valence electrons. The number of hydrogen-bond acceptors (Lipinski definition) is 4. The van der Waals surface area contributed by atoms with E-state index in [0.717, 1.165) is 0 Å². The molecule has 1 N–H and O–H groups in total. The Morgan fingerprint density at radius 3 is 2.90 bits per heavy atom. The van der Waals surface area contributed by atoms with Crippen LogP contribution in [0.25, 0.3) is 0 Å². The number of anilines is 1. The van der Waals surface area contributed by atoms with Crippen LogP contribution in [0.3, 0.4) is 0 Å². The van der Waals surface area contributed by atoms with Crippen molar-refractivity contribution in [3.8, 4) is 11.5 Å². The second-order valence-corrected chi connectivity index (χ2v) is 4.83. The molecule has 0 bridgehead atoms. The van der Waals surface area contributed by atoms with Gasteiger partial charge in [0.25, 0.3) is 5.91 Å². The molecule has 0 spiro atoms. The molecule has 1 aliphatic heterocycles. The third kappa shape index (κ3) is 2.98. The Bertz CT molecular complexity index is 729. The third-order valence-corrected chi connectivity index (χ3v) is 3.09. The zero-order chi connectivity index (χ0) is 14.8. The predicted octanol–water partition coefficient (Wildman–Crippen LogP) is 2.89. The fourth-order valence-electron chi connectivity index (χ4n) is 1.91. The van der Waals surface area contributed by atoms with Crippen molar-refractivity contribution in [2.75, 3.05) is 11.9 Å². The molecule has 0 aromatic heterocycles. The molecule has 0 aliphatic carbocycles. The average Bonchev–Trinajstić information content (AvgIpc) is 2.46. The van der Waals surface area contributed by atoms with Crippen molar-refractivity contribution in [1.29, 1.82) is 0 Å². The smallest absolute Gasteiger partial charge is 0.343 e. The molecule has 0 fully saturated rings. The summed E-state index contributed by atoms with van der Waals surface area (Å²) in [6.45, 7) is -0.0192. The largest absolute Gasteiger partial charge is 0.482 e. The first-order valence-electron chi connectivity index (χ1n) is 6.16. The van der Waals surface area contributed by atoms with Crippen LogP contribution in [0.15, 0.2) is 42.5 Å². The minimum atomic E-state index is -0.527. The van der Waals surface area contributed by atoms with E-state index in [1.807, 2.05) is 0 Å². The summed E-state index contributed by atoms with van der Waals surface area (Å²) in [5.74, 6) is 0.0722. The SMILES string of the molecule is O=C1COc2ccc(OC(=O)c3cccc(Cl)c3)cc2N1. The molecule has 0 saturated heterocycles. The lowest BCUT2D eigenvalue weighted by atomic mass is 10.2. The van der Waals surface area contributed by atoms with Crippen molar-refractivity contribution < 1.29 is 19.1 Å². The molecule has 6 heteroatoms. The fraction of sp³-hybridized carbons (Fsp3) is 0.0667. The van der Waals surface area contributed by atoms with Crippen molar-refractivity contribution in [3.63, 3.8) is 0 Å². The molecule has 2 aromatic rings. The highest BCUT2D eigenvalue weighted by Gasteiger charge is 2.17. The number of rotatable bonds is 2. The summed E-state index contributed by atoms with van der Waals surface area (Å²) in [4.78, 5) is 23.3. The number of esters is 1. The second-order valence-electron chi connectivity index (χ2n) is 4.39. The minimum absolute atomic E-state index is 0.0192. The monoisotopic (exact) mass is 303 g/mol. The number of hydrogen-bond donors (Lipinski definition) is 1. The Balaban J connectivity index is 1.80. The topological polar surface area (TPSA) is 64.6 Å². The van der Waals surface area contributed by atoms with E-state index in [9.17, 15) is 9.59 Å². The fourth-order valence-corrected chi connectivity index (χ4v) is 2.10. The molecule has 1 amide bonds. The van der Waals surface area contributed by atoms with Gasteiger partial charge in [-0.3, -0.25) is 4.79 Å². The summed E-state index contributed by atoms with van der Waals surface area (Å²) in [5, 5.41) is 3.10. The number of nitrogens with one attached hydrogen (secondary N) is 1. The molecule has 21 heavy (non-hydrogen) atoms. The Kier molecular flexibility index (Phi) is 3.50. The minimum Gasteiger partial charge on any atom is -0.482 e. The van der Waals surface area contributed by atoms with Crippen molar-refractivity contribution >= 4 is 29.2 Å². The van der Waals surface area contributed by atoms with E-state index in [1.165, 1.54) is 12.1 Å². The van der Waals surface area contributed by atoms with Crippen molar-refractivity contribution in [2.45, 2.75) is 0 Å².